The van der Waals surface area contributed by atoms with Crippen molar-refractivity contribution in [2.45, 2.75) is 76.7 Å². The van der Waals surface area contributed by atoms with E-state index in [9.17, 15) is 9.59 Å². The van der Waals surface area contributed by atoms with Gasteiger partial charge in [-0.2, -0.15) is 0 Å². The van der Waals surface area contributed by atoms with Gasteiger partial charge in [-0.1, -0.05) is 31.0 Å². The van der Waals surface area contributed by atoms with Crippen LogP contribution in [-0.2, 0) is 9.59 Å². The Kier molecular flexibility index (Phi) is 5.18. The Morgan fingerprint density at radius 2 is 1.64 bits per heavy atom. The molecule has 2 N–H and O–H groups in total. The van der Waals surface area contributed by atoms with Gasteiger partial charge in [0.1, 0.15) is 6.04 Å². The molecule has 6 rings (SSSR count). The predicted molar refractivity (Wildman–Crippen MR) is 112 cm³/mol. The summed E-state index contributed by atoms with van der Waals surface area (Å²) in [5, 5.41) is 7.12. The predicted octanol–water partition coefficient (Wildman–Crippen LogP) is 3.49. The Labute approximate surface area is 172 Å². The maximum absolute atomic E-state index is 13.4. The van der Waals surface area contributed by atoms with Crippen LogP contribution in [0.4, 0.5) is 0 Å². The molecule has 0 saturated heterocycles. The first-order chi connectivity index (χ1) is 13.6. The second-order valence-corrected chi connectivity index (χ2v) is 11.2. The minimum Gasteiger partial charge on any atom is -0.344 e. The third kappa shape index (κ3) is 3.61. The van der Waals surface area contributed by atoms with Gasteiger partial charge in [0.15, 0.2) is 5.17 Å². The topological polar surface area (TPSA) is 70.6 Å². The number of nitrogens with one attached hydrogen (secondary N) is 2. The Balaban J connectivity index is 1.37. The average molecular weight is 404 g/mol. The van der Waals surface area contributed by atoms with Gasteiger partial charge in [-0.05, 0) is 69.1 Å². The summed E-state index contributed by atoms with van der Waals surface area (Å²) in [5.74, 6) is 3.41. The maximum atomic E-state index is 13.4. The third-order valence-corrected chi connectivity index (χ3v) is 8.93. The quantitative estimate of drug-likeness (QED) is 0.755. The van der Waals surface area contributed by atoms with E-state index in [1.165, 1.54) is 25.7 Å². The lowest BCUT2D eigenvalue weighted by molar-refractivity contribution is -0.142. The lowest BCUT2D eigenvalue weighted by atomic mass is 9.47. The number of amidine groups is 1. The van der Waals surface area contributed by atoms with Gasteiger partial charge in [0.05, 0.1) is 6.54 Å². The van der Waals surface area contributed by atoms with E-state index in [2.05, 4.69) is 15.6 Å². The van der Waals surface area contributed by atoms with Crippen LogP contribution in [0, 0.1) is 29.1 Å². The van der Waals surface area contributed by atoms with E-state index < -0.39 is 0 Å². The second-order valence-electron chi connectivity index (χ2n) is 10.1. The SMILES string of the molecule is O=C(NC(C(=O)NC1=NCCS1)C12CC3CC(CC(C3)C1)C2)C1CCCCC1. The molecule has 6 heteroatoms. The molecule has 5 aliphatic carbocycles. The Hall–Kier alpha value is -1.04. The number of rotatable bonds is 4. The molecule has 0 spiro atoms. The summed E-state index contributed by atoms with van der Waals surface area (Å²) in [6.45, 7) is 0.775. The molecule has 154 valence electrons. The zero-order valence-corrected chi connectivity index (χ0v) is 17.6. The minimum atomic E-state index is -0.390. The lowest BCUT2D eigenvalue weighted by Crippen LogP contribution is -2.63. The fourth-order valence-corrected chi connectivity index (χ4v) is 7.97. The summed E-state index contributed by atoms with van der Waals surface area (Å²) >= 11 is 1.62. The molecule has 0 aromatic heterocycles. The highest BCUT2D eigenvalue weighted by molar-refractivity contribution is 8.14. The van der Waals surface area contributed by atoms with Gasteiger partial charge in [0.25, 0.3) is 0 Å². The van der Waals surface area contributed by atoms with Gasteiger partial charge < -0.3 is 10.6 Å². The van der Waals surface area contributed by atoms with Crippen molar-refractivity contribution >= 4 is 28.7 Å². The molecule has 1 aliphatic heterocycles. The van der Waals surface area contributed by atoms with Gasteiger partial charge in [-0.25, -0.2) is 0 Å². The summed E-state index contributed by atoms with van der Waals surface area (Å²) in [7, 11) is 0. The molecule has 1 unspecified atom stereocenters. The zero-order valence-electron chi connectivity index (χ0n) is 16.8. The van der Waals surface area contributed by atoms with E-state index in [4.69, 9.17) is 0 Å². The van der Waals surface area contributed by atoms with Crippen LogP contribution >= 0.6 is 11.8 Å². The molecular formula is C22H33N3O2S. The number of thioether (sulfide) groups is 1. The highest BCUT2D eigenvalue weighted by atomic mass is 32.2. The van der Waals surface area contributed by atoms with Crippen LogP contribution in [0.1, 0.15) is 70.6 Å². The van der Waals surface area contributed by atoms with E-state index in [-0.39, 0.29) is 29.2 Å². The van der Waals surface area contributed by atoms with Gasteiger partial charge in [-0.3, -0.25) is 14.6 Å². The normalized spacial score (nSPS) is 38.1. The number of carbonyl (C=O) groups excluding carboxylic acids is 2. The largest absolute Gasteiger partial charge is 0.344 e. The average Bonchev–Trinajstić information content (AvgIpc) is 3.18. The van der Waals surface area contributed by atoms with Crippen LogP contribution in [0.5, 0.6) is 0 Å². The molecular weight excluding hydrogens is 370 g/mol. The first kappa shape index (κ1) is 19.0. The molecule has 1 heterocycles. The van der Waals surface area contributed by atoms with Crippen molar-refractivity contribution in [3.63, 3.8) is 0 Å². The highest BCUT2D eigenvalue weighted by Gasteiger charge is 2.56. The monoisotopic (exact) mass is 403 g/mol. The molecule has 5 nitrogen and oxygen atoms in total. The van der Waals surface area contributed by atoms with Crippen molar-refractivity contribution in [2.75, 3.05) is 12.3 Å². The molecule has 0 radical (unpaired) electrons. The number of hydrogen-bond donors (Lipinski definition) is 2. The lowest BCUT2D eigenvalue weighted by Gasteiger charge is -2.59. The van der Waals surface area contributed by atoms with Crippen LogP contribution in [0.25, 0.3) is 0 Å². The Bertz CT molecular complexity index is 635. The zero-order chi connectivity index (χ0) is 19.1. The number of hydrogen-bond acceptors (Lipinski definition) is 4. The minimum absolute atomic E-state index is 0.0146. The van der Waals surface area contributed by atoms with Crippen molar-refractivity contribution in [1.82, 2.24) is 10.6 Å². The summed E-state index contributed by atoms with van der Waals surface area (Å²) in [6.07, 6.45) is 12.8. The molecule has 1 atom stereocenters. The number of carbonyl (C=O) groups is 2. The second kappa shape index (κ2) is 7.66. The third-order valence-electron chi connectivity index (χ3n) is 8.04. The first-order valence-electron chi connectivity index (χ1n) is 11.4. The number of nitrogens with zero attached hydrogens (tertiary/aromatic N) is 1. The molecule has 2 amide bonds. The highest BCUT2D eigenvalue weighted by Crippen LogP contribution is 2.61. The fourth-order valence-electron chi connectivity index (χ4n) is 7.24. The van der Waals surface area contributed by atoms with Crippen molar-refractivity contribution in [3.8, 4) is 0 Å². The Morgan fingerprint density at radius 3 is 2.21 bits per heavy atom. The van der Waals surface area contributed by atoms with Crippen LogP contribution < -0.4 is 10.6 Å². The maximum Gasteiger partial charge on any atom is 0.249 e. The molecule has 5 saturated carbocycles. The van der Waals surface area contributed by atoms with Crippen LogP contribution in [0.15, 0.2) is 4.99 Å². The van der Waals surface area contributed by atoms with Crippen LogP contribution in [-0.4, -0.2) is 35.3 Å². The standard InChI is InChI=1S/C22H33N3O2S/c26-19(17-4-2-1-3-5-17)24-18(20(27)25-21-23-6-7-28-21)22-11-14-8-15(12-22)10-16(9-14)13-22/h14-18H,1-13H2,(H,24,26)(H,23,25,27). The summed E-state index contributed by atoms with van der Waals surface area (Å²) in [6, 6.07) is -0.390. The van der Waals surface area contributed by atoms with E-state index in [0.717, 1.165) is 80.2 Å². The summed E-state index contributed by atoms with van der Waals surface area (Å²) in [4.78, 5) is 30.9. The van der Waals surface area contributed by atoms with Crippen LogP contribution in [0.2, 0.25) is 0 Å². The molecule has 5 fully saturated rings. The smallest absolute Gasteiger partial charge is 0.249 e. The summed E-state index contributed by atoms with van der Waals surface area (Å²) in [5.41, 5.74) is -0.0347. The fraction of sp³-hybridized carbons (Fsp3) is 0.864. The van der Waals surface area contributed by atoms with Crippen molar-refractivity contribution in [3.05, 3.63) is 0 Å². The van der Waals surface area contributed by atoms with E-state index >= 15 is 0 Å². The van der Waals surface area contributed by atoms with Gasteiger partial charge >= 0.3 is 0 Å². The van der Waals surface area contributed by atoms with E-state index in [1.807, 2.05) is 0 Å². The van der Waals surface area contributed by atoms with Crippen molar-refractivity contribution in [2.24, 2.45) is 34.1 Å². The van der Waals surface area contributed by atoms with E-state index in [0.29, 0.717) is 0 Å². The first-order valence-corrected chi connectivity index (χ1v) is 12.4. The number of amides is 2. The van der Waals surface area contributed by atoms with Crippen LogP contribution in [0.3, 0.4) is 0 Å². The van der Waals surface area contributed by atoms with Crippen molar-refractivity contribution in [1.29, 1.82) is 0 Å². The van der Waals surface area contributed by atoms with Gasteiger partial charge in [-0.15, -0.1) is 0 Å². The molecule has 0 aromatic carbocycles. The molecule has 4 bridgehead atoms. The molecule has 0 aromatic rings. The molecule has 28 heavy (non-hydrogen) atoms. The van der Waals surface area contributed by atoms with Gasteiger partial charge in [0.2, 0.25) is 11.8 Å². The van der Waals surface area contributed by atoms with Gasteiger partial charge in [0, 0.05) is 17.1 Å². The number of aliphatic imine (C=N–C) groups is 1. The Morgan fingerprint density at radius 1 is 1.00 bits per heavy atom. The summed E-state index contributed by atoms with van der Waals surface area (Å²) < 4.78 is 0. The van der Waals surface area contributed by atoms with E-state index in [1.54, 1.807) is 11.8 Å². The molecule has 6 aliphatic rings. The van der Waals surface area contributed by atoms with Crippen molar-refractivity contribution < 1.29 is 9.59 Å².